The highest BCUT2D eigenvalue weighted by Crippen LogP contribution is 2.23. The van der Waals surface area contributed by atoms with Crippen molar-refractivity contribution >= 4 is 22.7 Å². The standard InChI is InChI=1S/C16H21NOS/c1-11(19-13(3)12(2)18)10-15-9-8-14-6-4-5-7-16(14)17-15/h4-9,11-13,18H,10H2,1-3H3/t11-,12-,13-/m1/s1. The third kappa shape index (κ3) is 3.95. The van der Waals surface area contributed by atoms with Crippen LogP contribution in [-0.2, 0) is 6.42 Å². The fourth-order valence-electron chi connectivity index (χ4n) is 2.04. The molecule has 3 atom stereocenters. The van der Waals surface area contributed by atoms with E-state index in [1.165, 1.54) is 5.39 Å². The number of thioether (sulfide) groups is 1. The van der Waals surface area contributed by atoms with Crippen LogP contribution in [0, 0.1) is 0 Å². The van der Waals surface area contributed by atoms with Gasteiger partial charge in [-0.3, -0.25) is 4.98 Å². The Labute approximate surface area is 119 Å². The Morgan fingerprint density at radius 3 is 2.58 bits per heavy atom. The second kappa shape index (κ2) is 6.40. The third-order valence-electron chi connectivity index (χ3n) is 3.28. The summed E-state index contributed by atoms with van der Waals surface area (Å²) in [7, 11) is 0. The Morgan fingerprint density at radius 2 is 1.84 bits per heavy atom. The highest BCUT2D eigenvalue weighted by molar-refractivity contribution is 8.00. The molecule has 1 aromatic heterocycles. The van der Waals surface area contributed by atoms with Crippen molar-refractivity contribution in [1.29, 1.82) is 0 Å². The molecule has 2 nitrogen and oxygen atoms in total. The molecule has 0 saturated heterocycles. The number of pyridine rings is 1. The Morgan fingerprint density at radius 1 is 1.11 bits per heavy atom. The van der Waals surface area contributed by atoms with E-state index in [1.807, 2.05) is 30.8 Å². The molecule has 0 aliphatic carbocycles. The summed E-state index contributed by atoms with van der Waals surface area (Å²) in [5.41, 5.74) is 2.18. The zero-order valence-electron chi connectivity index (χ0n) is 11.7. The minimum atomic E-state index is -0.267. The van der Waals surface area contributed by atoms with Crippen LogP contribution >= 0.6 is 11.8 Å². The second-order valence-corrected chi connectivity index (χ2v) is 6.91. The smallest absolute Gasteiger partial charge is 0.0705 e. The maximum Gasteiger partial charge on any atom is 0.0705 e. The molecule has 0 bridgehead atoms. The zero-order chi connectivity index (χ0) is 13.8. The Hall–Kier alpha value is -1.06. The van der Waals surface area contributed by atoms with Crippen LogP contribution in [0.25, 0.3) is 10.9 Å². The van der Waals surface area contributed by atoms with Gasteiger partial charge in [-0.25, -0.2) is 0 Å². The minimum Gasteiger partial charge on any atom is -0.392 e. The van der Waals surface area contributed by atoms with Crippen molar-refractivity contribution in [2.24, 2.45) is 0 Å². The van der Waals surface area contributed by atoms with Gasteiger partial charge in [0, 0.05) is 28.0 Å². The average Bonchev–Trinajstić information content (AvgIpc) is 2.38. The van der Waals surface area contributed by atoms with Crippen molar-refractivity contribution < 1.29 is 5.11 Å². The summed E-state index contributed by atoms with van der Waals surface area (Å²) in [4.78, 5) is 4.69. The van der Waals surface area contributed by atoms with Gasteiger partial charge >= 0.3 is 0 Å². The first-order chi connectivity index (χ1) is 9.06. The molecule has 0 unspecified atom stereocenters. The Kier molecular flexibility index (Phi) is 4.83. The fourth-order valence-corrected chi connectivity index (χ4v) is 3.27. The average molecular weight is 275 g/mol. The first kappa shape index (κ1) is 14.4. The van der Waals surface area contributed by atoms with Gasteiger partial charge in [-0.2, -0.15) is 11.8 Å². The molecule has 0 aliphatic heterocycles. The van der Waals surface area contributed by atoms with E-state index in [-0.39, 0.29) is 11.4 Å². The van der Waals surface area contributed by atoms with E-state index in [0.717, 1.165) is 17.6 Å². The second-order valence-electron chi connectivity index (χ2n) is 5.09. The number of hydrogen-bond donors (Lipinski definition) is 1. The van der Waals surface area contributed by atoms with Crippen molar-refractivity contribution in [2.45, 2.75) is 43.8 Å². The molecule has 3 heteroatoms. The van der Waals surface area contributed by atoms with Crippen LogP contribution in [0.15, 0.2) is 36.4 Å². The maximum atomic E-state index is 9.54. The lowest BCUT2D eigenvalue weighted by molar-refractivity contribution is 0.196. The van der Waals surface area contributed by atoms with E-state index >= 15 is 0 Å². The quantitative estimate of drug-likeness (QED) is 0.904. The summed E-state index contributed by atoms with van der Waals surface area (Å²) in [5, 5.41) is 11.4. The molecule has 2 rings (SSSR count). The molecule has 0 radical (unpaired) electrons. The molecule has 0 aliphatic rings. The normalized spacial score (nSPS) is 16.2. The molecule has 102 valence electrons. The number of nitrogens with zero attached hydrogens (tertiary/aromatic N) is 1. The highest BCUT2D eigenvalue weighted by Gasteiger charge is 2.14. The number of aromatic nitrogens is 1. The summed E-state index contributed by atoms with van der Waals surface area (Å²) >= 11 is 1.82. The summed E-state index contributed by atoms with van der Waals surface area (Å²) in [5.74, 6) is 0. The van der Waals surface area contributed by atoms with Gasteiger partial charge in [0.05, 0.1) is 11.6 Å². The van der Waals surface area contributed by atoms with Crippen molar-refractivity contribution in [3.8, 4) is 0 Å². The summed E-state index contributed by atoms with van der Waals surface area (Å²) in [6.45, 7) is 6.11. The number of aliphatic hydroxyl groups excluding tert-OH is 1. The van der Waals surface area contributed by atoms with Gasteiger partial charge in [-0.15, -0.1) is 0 Å². The molecule has 0 fully saturated rings. The molecule has 0 spiro atoms. The molecule has 0 amide bonds. The van der Waals surface area contributed by atoms with E-state index in [0.29, 0.717) is 5.25 Å². The van der Waals surface area contributed by atoms with Crippen molar-refractivity contribution in [2.75, 3.05) is 0 Å². The van der Waals surface area contributed by atoms with Crippen molar-refractivity contribution in [3.05, 3.63) is 42.1 Å². The van der Waals surface area contributed by atoms with Gasteiger partial charge in [0.15, 0.2) is 0 Å². The topological polar surface area (TPSA) is 33.1 Å². The number of hydrogen-bond acceptors (Lipinski definition) is 3. The van der Waals surface area contributed by atoms with Crippen molar-refractivity contribution in [1.82, 2.24) is 4.98 Å². The first-order valence-corrected chi connectivity index (χ1v) is 7.68. The number of benzene rings is 1. The molecule has 19 heavy (non-hydrogen) atoms. The van der Waals surface area contributed by atoms with Crippen LogP contribution in [0.1, 0.15) is 26.5 Å². The fraction of sp³-hybridized carbons (Fsp3) is 0.438. The zero-order valence-corrected chi connectivity index (χ0v) is 12.5. The lowest BCUT2D eigenvalue weighted by Gasteiger charge is -2.19. The van der Waals surface area contributed by atoms with E-state index in [2.05, 4.69) is 38.1 Å². The number of aliphatic hydroxyl groups is 1. The predicted molar refractivity (Wildman–Crippen MR) is 83.6 cm³/mol. The molecule has 2 aromatic rings. The van der Waals surface area contributed by atoms with Gasteiger partial charge in [0.25, 0.3) is 0 Å². The monoisotopic (exact) mass is 275 g/mol. The molecular weight excluding hydrogens is 254 g/mol. The van der Waals surface area contributed by atoms with Gasteiger partial charge in [-0.1, -0.05) is 38.1 Å². The van der Waals surface area contributed by atoms with Crippen LogP contribution in [0.3, 0.4) is 0 Å². The van der Waals surface area contributed by atoms with Crippen LogP contribution in [-0.4, -0.2) is 26.7 Å². The molecule has 1 heterocycles. The number of fused-ring (bicyclic) bond motifs is 1. The van der Waals surface area contributed by atoms with E-state index in [4.69, 9.17) is 4.98 Å². The third-order valence-corrected chi connectivity index (χ3v) is 4.73. The number of rotatable bonds is 5. The van der Waals surface area contributed by atoms with Crippen LogP contribution in [0.4, 0.5) is 0 Å². The first-order valence-electron chi connectivity index (χ1n) is 6.74. The summed E-state index contributed by atoms with van der Waals surface area (Å²) in [6.07, 6.45) is 0.670. The van der Waals surface area contributed by atoms with Gasteiger partial charge < -0.3 is 5.11 Å². The van der Waals surface area contributed by atoms with Gasteiger partial charge in [-0.05, 0) is 19.1 Å². The summed E-state index contributed by atoms with van der Waals surface area (Å²) < 4.78 is 0. The lowest BCUT2D eigenvalue weighted by atomic mass is 10.1. The van der Waals surface area contributed by atoms with Crippen LogP contribution < -0.4 is 0 Å². The van der Waals surface area contributed by atoms with Gasteiger partial charge in [0.2, 0.25) is 0 Å². The van der Waals surface area contributed by atoms with E-state index < -0.39 is 0 Å². The van der Waals surface area contributed by atoms with E-state index in [9.17, 15) is 5.11 Å². The SMILES string of the molecule is C[C@H](Cc1ccc2ccccc2n1)S[C@H](C)[C@@H](C)O. The van der Waals surface area contributed by atoms with Crippen LogP contribution in [0.5, 0.6) is 0 Å². The predicted octanol–water partition coefficient (Wildman–Crippen LogP) is 3.67. The molecule has 0 saturated carbocycles. The van der Waals surface area contributed by atoms with E-state index in [1.54, 1.807) is 0 Å². The lowest BCUT2D eigenvalue weighted by Crippen LogP contribution is -2.19. The molecule has 1 N–H and O–H groups in total. The minimum absolute atomic E-state index is 0.260. The maximum absolute atomic E-state index is 9.54. The molecule has 1 aromatic carbocycles. The van der Waals surface area contributed by atoms with Crippen molar-refractivity contribution in [3.63, 3.8) is 0 Å². The Bertz CT molecular complexity index is 541. The number of para-hydroxylation sites is 1. The summed E-state index contributed by atoms with van der Waals surface area (Å²) in [6, 6.07) is 12.4. The highest BCUT2D eigenvalue weighted by atomic mass is 32.2. The van der Waals surface area contributed by atoms with Gasteiger partial charge in [0.1, 0.15) is 0 Å². The Balaban J connectivity index is 2.04. The largest absolute Gasteiger partial charge is 0.392 e. The van der Waals surface area contributed by atoms with Crippen LogP contribution in [0.2, 0.25) is 0 Å². The molecular formula is C16H21NOS.